The minimum atomic E-state index is 0.433. The third-order valence-electron chi connectivity index (χ3n) is 4.03. The van der Waals surface area contributed by atoms with Crippen LogP contribution >= 0.6 is 0 Å². The first kappa shape index (κ1) is 12.8. The van der Waals surface area contributed by atoms with Crippen LogP contribution in [0.3, 0.4) is 0 Å². The number of rotatable bonds is 3. The van der Waals surface area contributed by atoms with Crippen LogP contribution in [-0.2, 0) is 0 Å². The largest absolute Gasteiger partial charge is 0.351 e. The van der Waals surface area contributed by atoms with Crippen molar-refractivity contribution in [3.8, 4) is 6.07 Å². The smallest absolute Gasteiger partial charge is 0.224 e. The van der Waals surface area contributed by atoms with E-state index in [0.29, 0.717) is 23.6 Å². The summed E-state index contributed by atoms with van der Waals surface area (Å²) in [5.74, 6) is 2.03. The molecule has 0 aliphatic heterocycles. The second kappa shape index (κ2) is 5.34. The number of anilines is 1. The molecule has 3 atom stereocenters. The first-order chi connectivity index (χ1) is 8.63. The molecule has 2 rings (SSSR count). The van der Waals surface area contributed by atoms with Crippen LogP contribution in [0.2, 0.25) is 0 Å². The van der Waals surface area contributed by atoms with Gasteiger partial charge in [0, 0.05) is 11.7 Å². The minimum Gasteiger partial charge on any atom is -0.351 e. The third kappa shape index (κ3) is 2.61. The highest BCUT2D eigenvalue weighted by molar-refractivity contribution is 5.34. The molecule has 0 aromatic carbocycles. The second-order valence-corrected chi connectivity index (χ2v) is 5.19. The molecule has 4 nitrogen and oxygen atoms in total. The molecule has 1 fully saturated rings. The van der Waals surface area contributed by atoms with Gasteiger partial charge in [0.1, 0.15) is 11.8 Å². The van der Waals surface area contributed by atoms with Crippen molar-refractivity contribution in [2.24, 2.45) is 11.8 Å². The fourth-order valence-electron chi connectivity index (χ4n) is 2.88. The molecule has 1 heterocycles. The van der Waals surface area contributed by atoms with Crippen molar-refractivity contribution in [1.29, 1.82) is 5.26 Å². The van der Waals surface area contributed by atoms with Crippen molar-refractivity contribution in [3.05, 3.63) is 17.5 Å². The zero-order chi connectivity index (χ0) is 13.1. The quantitative estimate of drug-likeness (QED) is 0.888. The number of hydrogen-bond donors (Lipinski definition) is 1. The molecule has 1 saturated carbocycles. The van der Waals surface area contributed by atoms with E-state index in [0.717, 1.165) is 11.6 Å². The molecule has 1 N–H and O–H groups in total. The summed E-state index contributed by atoms with van der Waals surface area (Å²) in [6.07, 6.45) is 3.67. The number of hydrogen-bond acceptors (Lipinski definition) is 4. The lowest BCUT2D eigenvalue weighted by molar-refractivity contribution is 0.391. The molecule has 0 saturated heterocycles. The zero-order valence-corrected chi connectivity index (χ0v) is 11.3. The number of aryl methyl sites for hydroxylation is 1. The van der Waals surface area contributed by atoms with Crippen molar-refractivity contribution < 1.29 is 0 Å². The molecule has 18 heavy (non-hydrogen) atoms. The van der Waals surface area contributed by atoms with Crippen LogP contribution in [0, 0.1) is 30.1 Å². The van der Waals surface area contributed by atoms with E-state index >= 15 is 0 Å². The van der Waals surface area contributed by atoms with Crippen molar-refractivity contribution in [3.63, 3.8) is 0 Å². The topological polar surface area (TPSA) is 61.6 Å². The Morgan fingerprint density at radius 2 is 2.22 bits per heavy atom. The van der Waals surface area contributed by atoms with Gasteiger partial charge in [0.2, 0.25) is 5.95 Å². The van der Waals surface area contributed by atoms with Crippen molar-refractivity contribution in [2.45, 2.75) is 46.1 Å². The average molecular weight is 244 g/mol. The predicted octanol–water partition coefficient (Wildman–Crippen LogP) is 2.89. The van der Waals surface area contributed by atoms with Gasteiger partial charge in [0.15, 0.2) is 0 Å². The Balaban J connectivity index is 2.11. The number of nitrogens with zero attached hydrogens (tertiary/aromatic N) is 3. The summed E-state index contributed by atoms with van der Waals surface area (Å²) >= 11 is 0. The van der Waals surface area contributed by atoms with E-state index < -0.39 is 0 Å². The SMILES string of the molecule is CCC1CCC(Nc2nc(C)cc(C#N)n2)C1C. The van der Waals surface area contributed by atoms with Gasteiger partial charge >= 0.3 is 0 Å². The maximum absolute atomic E-state index is 8.91. The van der Waals surface area contributed by atoms with Crippen LogP contribution in [-0.4, -0.2) is 16.0 Å². The van der Waals surface area contributed by atoms with Crippen LogP contribution in [0.4, 0.5) is 5.95 Å². The first-order valence-electron chi connectivity index (χ1n) is 6.66. The maximum Gasteiger partial charge on any atom is 0.224 e. The molecular formula is C14H20N4. The van der Waals surface area contributed by atoms with E-state index in [-0.39, 0.29) is 0 Å². The lowest BCUT2D eigenvalue weighted by Crippen LogP contribution is -2.26. The molecule has 1 aliphatic carbocycles. The van der Waals surface area contributed by atoms with E-state index in [1.165, 1.54) is 19.3 Å². The average Bonchev–Trinajstić information content (AvgIpc) is 2.70. The molecule has 0 amide bonds. The molecule has 1 aromatic heterocycles. The van der Waals surface area contributed by atoms with Crippen LogP contribution in [0.5, 0.6) is 0 Å². The summed E-state index contributed by atoms with van der Waals surface area (Å²) in [6.45, 7) is 6.43. The molecule has 96 valence electrons. The highest BCUT2D eigenvalue weighted by Crippen LogP contribution is 2.35. The second-order valence-electron chi connectivity index (χ2n) is 5.19. The van der Waals surface area contributed by atoms with Gasteiger partial charge in [-0.1, -0.05) is 20.3 Å². The monoisotopic (exact) mass is 244 g/mol. The van der Waals surface area contributed by atoms with Gasteiger partial charge in [-0.15, -0.1) is 0 Å². The standard InChI is InChI=1S/C14H20N4/c1-4-11-5-6-13(10(11)3)18-14-16-9(2)7-12(8-15)17-14/h7,10-11,13H,4-6H2,1-3H3,(H,16,17,18). The highest BCUT2D eigenvalue weighted by Gasteiger charge is 2.31. The van der Waals surface area contributed by atoms with E-state index in [1.807, 2.05) is 6.92 Å². The van der Waals surface area contributed by atoms with Gasteiger partial charge in [-0.05, 0) is 37.7 Å². The molecule has 0 radical (unpaired) electrons. The normalized spacial score (nSPS) is 26.9. The summed E-state index contributed by atoms with van der Waals surface area (Å²) in [5, 5.41) is 12.3. The Morgan fingerprint density at radius 1 is 1.44 bits per heavy atom. The van der Waals surface area contributed by atoms with E-state index in [2.05, 4.69) is 35.2 Å². The van der Waals surface area contributed by atoms with Gasteiger partial charge in [-0.3, -0.25) is 0 Å². The summed E-state index contributed by atoms with van der Waals surface area (Å²) in [6, 6.07) is 4.21. The fourth-order valence-corrected chi connectivity index (χ4v) is 2.88. The minimum absolute atomic E-state index is 0.433. The molecular weight excluding hydrogens is 224 g/mol. The summed E-state index contributed by atoms with van der Waals surface area (Å²) in [5.41, 5.74) is 1.27. The Labute approximate surface area is 108 Å². The molecule has 4 heteroatoms. The Kier molecular flexibility index (Phi) is 3.81. The molecule has 3 unspecified atom stereocenters. The van der Waals surface area contributed by atoms with Gasteiger partial charge in [0.25, 0.3) is 0 Å². The summed E-state index contributed by atoms with van der Waals surface area (Å²) in [4.78, 5) is 8.57. The number of nitriles is 1. The summed E-state index contributed by atoms with van der Waals surface area (Å²) in [7, 11) is 0. The maximum atomic E-state index is 8.91. The Hall–Kier alpha value is -1.63. The number of nitrogens with one attached hydrogen (secondary N) is 1. The fraction of sp³-hybridized carbons (Fsp3) is 0.643. The third-order valence-corrected chi connectivity index (χ3v) is 4.03. The van der Waals surface area contributed by atoms with Gasteiger partial charge in [0.05, 0.1) is 0 Å². The van der Waals surface area contributed by atoms with Crippen molar-refractivity contribution in [2.75, 3.05) is 5.32 Å². The van der Waals surface area contributed by atoms with Crippen molar-refractivity contribution in [1.82, 2.24) is 9.97 Å². The van der Waals surface area contributed by atoms with Crippen LogP contribution in [0.15, 0.2) is 6.07 Å². The lowest BCUT2D eigenvalue weighted by atomic mass is 9.94. The van der Waals surface area contributed by atoms with Crippen molar-refractivity contribution >= 4 is 5.95 Å². The van der Waals surface area contributed by atoms with Gasteiger partial charge in [-0.2, -0.15) is 5.26 Å². The molecule has 0 bridgehead atoms. The van der Waals surface area contributed by atoms with Gasteiger partial charge < -0.3 is 5.32 Å². The van der Waals surface area contributed by atoms with E-state index in [1.54, 1.807) is 6.07 Å². The molecule has 1 aromatic rings. The Bertz CT molecular complexity index is 463. The molecule has 0 spiro atoms. The molecule has 1 aliphatic rings. The highest BCUT2D eigenvalue weighted by atomic mass is 15.1. The first-order valence-corrected chi connectivity index (χ1v) is 6.66. The number of aromatic nitrogens is 2. The van der Waals surface area contributed by atoms with E-state index in [4.69, 9.17) is 5.26 Å². The van der Waals surface area contributed by atoms with Crippen LogP contribution in [0.25, 0.3) is 0 Å². The van der Waals surface area contributed by atoms with E-state index in [9.17, 15) is 0 Å². The zero-order valence-electron chi connectivity index (χ0n) is 11.3. The summed E-state index contributed by atoms with van der Waals surface area (Å²) < 4.78 is 0. The van der Waals surface area contributed by atoms with Crippen LogP contribution < -0.4 is 5.32 Å². The van der Waals surface area contributed by atoms with Crippen LogP contribution in [0.1, 0.15) is 44.5 Å². The van der Waals surface area contributed by atoms with Gasteiger partial charge in [-0.25, -0.2) is 9.97 Å². The predicted molar refractivity (Wildman–Crippen MR) is 71.1 cm³/mol. The Morgan fingerprint density at radius 3 is 2.83 bits per heavy atom. The lowest BCUT2D eigenvalue weighted by Gasteiger charge is -2.21.